The molecular weight excluding hydrogens is 181 g/mol. The molecule has 2 aromatic rings. The van der Waals surface area contributed by atoms with Crippen LogP contribution in [0.1, 0.15) is 5.56 Å². The van der Waals surface area contributed by atoms with Crippen LogP contribution in [0.25, 0.3) is 11.4 Å². The number of aromatic amines is 1. The molecule has 3 nitrogen and oxygen atoms in total. The maximum absolute atomic E-state index is 13.5. The SMILES string of the molecule is NCc1ccc(-c2ncc[nH]2)c(F)c1. The van der Waals surface area contributed by atoms with Gasteiger partial charge in [0.2, 0.25) is 0 Å². The van der Waals surface area contributed by atoms with Gasteiger partial charge in [-0.15, -0.1) is 0 Å². The van der Waals surface area contributed by atoms with Gasteiger partial charge in [-0.25, -0.2) is 9.37 Å². The van der Waals surface area contributed by atoms with Crippen molar-refractivity contribution < 1.29 is 4.39 Å². The number of hydrogen-bond acceptors (Lipinski definition) is 2. The first kappa shape index (κ1) is 8.90. The first-order chi connectivity index (χ1) is 6.81. The van der Waals surface area contributed by atoms with E-state index in [4.69, 9.17) is 5.73 Å². The average Bonchev–Trinajstić information content (AvgIpc) is 2.70. The number of aromatic nitrogens is 2. The highest BCUT2D eigenvalue weighted by atomic mass is 19.1. The minimum Gasteiger partial charge on any atom is -0.345 e. The molecule has 0 saturated heterocycles. The van der Waals surface area contributed by atoms with Crippen molar-refractivity contribution in [2.75, 3.05) is 0 Å². The molecule has 0 amide bonds. The third-order valence-electron chi connectivity index (χ3n) is 2.02. The van der Waals surface area contributed by atoms with Gasteiger partial charge in [-0.05, 0) is 17.7 Å². The molecule has 4 heteroatoms. The highest BCUT2D eigenvalue weighted by Gasteiger charge is 2.06. The molecule has 14 heavy (non-hydrogen) atoms. The number of rotatable bonds is 2. The van der Waals surface area contributed by atoms with Crippen LogP contribution in [0.5, 0.6) is 0 Å². The molecule has 0 unspecified atom stereocenters. The van der Waals surface area contributed by atoms with Crippen LogP contribution in [-0.2, 0) is 6.54 Å². The van der Waals surface area contributed by atoms with Gasteiger partial charge in [0.05, 0.1) is 5.56 Å². The second-order valence-corrected chi connectivity index (χ2v) is 2.96. The zero-order valence-electron chi connectivity index (χ0n) is 7.50. The van der Waals surface area contributed by atoms with Gasteiger partial charge in [0, 0.05) is 18.9 Å². The van der Waals surface area contributed by atoms with Gasteiger partial charge in [-0.1, -0.05) is 6.07 Å². The summed E-state index contributed by atoms with van der Waals surface area (Å²) in [4.78, 5) is 6.83. The lowest BCUT2D eigenvalue weighted by Crippen LogP contribution is -1.97. The Kier molecular flexibility index (Phi) is 2.28. The van der Waals surface area contributed by atoms with Crippen molar-refractivity contribution in [2.24, 2.45) is 5.73 Å². The van der Waals surface area contributed by atoms with Crippen LogP contribution in [0.3, 0.4) is 0 Å². The van der Waals surface area contributed by atoms with Crippen molar-refractivity contribution in [1.82, 2.24) is 9.97 Å². The van der Waals surface area contributed by atoms with Crippen LogP contribution < -0.4 is 5.73 Å². The molecule has 0 fully saturated rings. The Morgan fingerprint density at radius 1 is 1.43 bits per heavy atom. The Labute approximate surface area is 80.8 Å². The fourth-order valence-electron chi connectivity index (χ4n) is 1.29. The third kappa shape index (κ3) is 1.52. The molecule has 0 radical (unpaired) electrons. The molecule has 1 heterocycles. The third-order valence-corrected chi connectivity index (χ3v) is 2.02. The van der Waals surface area contributed by atoms with Crippen LogP contribution in [0, 0.1) is 5.82 Å². The maximum Gasteiger partial charge on any atom is 0.140 e. The second kappa shape index (κ2) is 3.59. The topological polar surface area (TPSA) is 54.7 Å². The van der Waals surface area contributed by atoms with Gasteiger partial charge in [-0.2, -0.15) is 0 Å². The van der Waals surface area contributed by atoms with Gasteiger partial charge in [0.1, 0.15) is 11.6 Å². The van der Waals surface area contributed by atoms with Gasteiger partial charge < -0.3 is 10.7 Å². The van der Waals surface area contributed by atoms with Crippen molar-refractivity contribution in [2.45, 2.75) is 6.54 Å². The Bertz CT molecular complexity index is 423. The number of imidazole rings is 1. The summed E-state index contributed by atoms with van der Waals surface area (Å²) in [6.07, 6.45) is 3.25. The molecule has 1 aromatic heterocycles. The lowest BCUT2D eigenvalue weighted by atomic mass is 10.1. The van der Waals surface area contributed by atoms with Crippen molar-refractivity contribution in [3.63, 3.8) is 0 Å². The number of halogens is 1. The number of H-pyrrole nitrogens is 1. The Morgan fingerprint density at radius 2 is 2.29 bits per heavy atom. The molecule has 0 bridgehead atoms. The average molecular weight is 191 g/mol. The maximum atomic E-state index is 13.5. The van der Waals surface area contributed by atoms with Gasteiger partial charge in [0.15, 0.2) is 0 Å². The van der Waals surface area contributed by atoms with E-state index < -0.39 is 0 Å². The smallest absolute Gasteiger partial charge is 0.140 e. The summed E-state index contributed by atoms with van der Waals surface area (Å²) in [5.41, 5.74) is 6.64. The molecule has 2 rings (SSSR count). The number of benzene rings is 1. The van der Waals surface area contributed by atoms with E-state index in [1.54, 1.807) is 24.5 Å². The standard InChI is InChI=1S/C10H10FN3/c11-9-5-7(6-12)1-2-8(9)10-13-3-4-14-10/h1-5H,6,12H2,(H,13,14). The molecule has 3 N–H and O–H groups in total. The largest absolute Gasteiger partial charge is 0.345 e. The molecular formula is C10H10FN3. The normalized spacial score (nSPS) is 10.4. The summed E-state index contributed by atoms with van der Waals surface area (Å²) >= 11 is 0. The van der Waals surface area contributed by atoms with Gasteiger partial charge in [0.25, 0.3) is 0 Å². The molecule has 0 aliphatic heterocycles. The molecule has 0 atom stereocenters. The molecule has 0 aliphatic carbocycles. The Balaban J connectivity index is 2.46. The van der Waals surface area contributed by atoms with Crippen LogP contribution in [0.2, 0.25) is 0 Å². The molecule has 0 saturated carbocycles. The van der Waals surface area contributed by atoms with Crippen molar-refractivity contribution in [1.29, 1.82) is 0 Å². The quantitative estimate of drug-likeness (QED) is 0.758. The summed E-state index contributed by atoms with van der Waals surface area (Å²) in [7, 11) is 0. The van der Waals surface area contributed by atoms with Crippen LogP contribution >= 0.6 is 0 Å². The van der Waals surface area contributed by atoms with E-state index in [-0.39, 0.29) is 5.82 Å². The van der Waals surface area contributed by atoms with E-state index in [0.29, 0.717) is 17.9 Å². The first-order valence-electron chi connectivity index (χ1n) is 4.29. The van der Waals surface area contributed by atoms with Gasteiger partial charge in [-0.3, -0.25) is 0 Å². The number of nitrogens with zero attached hydrogens (tertiary/aromatic N) is 1. The molecule has 0 spiro atoms. The van der Waals surface area contributed by atoms with E-state index in [0.717, 1.165) is 5.56 Å². The van der Waals surface area contributed by atoms with Crippen molar-refractivity contribution >= 4 is 0 Å². The van der Waals surface area contributed by atoms with Crippen molar-refractivity contribution in [3.8, 4) is 11.4 Å². The zero-order valence-corrected chi connectivity index (χ0v) is 7.50. The van der Waals surface area contributed by atoms with E-state index >= 15 is 0 Å². The zero-order chi connectivity index (χ0) is 9.97. The summed E-state index contributed by atoms with van der Waals surface area (Å²) < 4.78 is 13.5. The summed E-state index contributed by atoms with van der Waals surface area (Å²) in [6, 6.07) is 4.90. The number of nitrogens with two attached hydrogens (primary N) is 1. The minimum absolute atomic E-state index is 0.303. The monoisotopic (exact) mass is 191 g/mol. The second-order valence-electron chi connectivity index (χ2n) is 2.96. The van der Waals surface area contributed by atoms with E-state index in [9.17, 15) is 4.39 Å². The van der Waals surface area contributed by atoms with Crippen LogP contribution in [0.15, 0.2) is 30.6 Å². The highest BCUT2D eigenvalue weighted by Crippen LogP contribution is 2.19. The Hall–Kier alpha value is -1.68. The predicted octanol–water partition coefficient (Wildman–Crippen LogP) is 1.67. The summed E-state index contributed by atoms with van der Waals surface area (Å²) in [5, 5.41) is 0. The summed E-state index contributed by atoms with van der Waals surface area (Å²) in [5.74, 6) is 0.231. The summed E-state index contributed by atoms with van der Waals surface area (Å²) in [6.45, 7) is 0.343. The fraction of sp³-hybridized carbons (Fsp3) is 0.100. The lowest BCUT2D eigenvalue weighted by Gasteiger charge is -2.01. The Morgan fingerprint density at radius 3 is 2.86 bits per heavy atom. The molecule has 0 aliphatic rings. The van der Waals surface area contributed by atoms with Crippen LogP contribution in [0.4, 0.5) is 4.39 Å². The first-order valence-corrected chi connectivity index (χ1v) is 4.29. The highest BCUT2D eigenvalue weighted by molar-refractivity contribution is 5.56. The lowest BCUT2D eigenvalue weighted by molar-refractivity contribution is 0.628. The van der Waals surface area contributed by atoms with Crippen molar-refractivity contribution in [3.05, 3.63) is 42.0 Å². The van der Waals surface area contributed by atoms with Crippen LogP contribution in [-0.4, -0.2) is 9.97 Å². The fourth-order valence-corrected chi connectivity index (χ4v) is 1.29. The predicted molar refractivity (Wildman–Crippen MR) is 51.9 cm³/mol. The van der Waals surface area contributed by atoms with E-state index in [1.165, 1.54) is 6.07 Å². The number of nitrogens with one attached hydrogen (secondary N) is 1. The molecule has 1 aromatic carbocycles. The molecule has 72 valence electrons. The van der Waals surface area contributed by atoms with E-state index in [1.807, 2.05) is 0 Å². The van der Waals surface area contributed by atoms with Gasteiger partial charge >= 0.3 is 0 Å². The number of hydrogen-bond donors (Lipinski definition) is 2. The van der Waals surface area contributed by atoms with E-state index in [2.05, 4.69) is 9.97 Å². The minimum atomic E-state index is -0.303.